The molecule has 0 aliphatic rings. The summed E-state index contributed by atoms with van der Waals surface area (Å²) in [6.07, 6.45) is 1.12. The highest BCUT2D eigenvalue weighted by molar-refractivity contribution is 7.92. The number of nitro groups is 1. The van der Waals surface area contributed by atoms with E-state index in [-0.39, 0.29) is 24.5 Å². The fourth-order valence-electron chi connectivity index (χ4n) is 1.42. The molecule has 0 saturated heterocycles. The van der Waals surface area contributed by atoms with Crippen LogP contribution in [0.2, 0.25) is 0 Å². The number of hydrogen-bond donors (Lipinski definition) is 2. The Morgan fingerprint density at radius 2 is 2.00 bits per heavy atom. The second-order valence-electron chi connectivity index (χ2n) is 5.15. The SMILES string of the molecule is CC(C)(CNc1cc(CO)ccc1[N+](=O)[O-])S(C)(=O)=O. The molecule has 0 bridgehead atoms. The summed E-state index contributed by atoms with van der Waals surface area (Å²) < 4.78 is 22.1. The molecule has 0 aromatic heterocycles. The molecule has 1 rings (SSSR count). The minimum absolute atomic E-state index is 0.0293. The minimum Gasteiger partial charge on any atom is -0.392 e. The van der Waals surface area contributed by atoms with E-state index in [0.29, 0.717) is 5.56 Å². The van der Waals surface area contributed by atoms with Crippen molar-refractivity contribution >= 4 is 21.2 Å². The molecule has 0 fully saturated rings. The molecule has 0 atom stereocenters. The number of anilines is 1. The van der Waals surface area contributed by atoms with Gasteiger partial charge in [-0.15, -0.1) is 0 Å². The Bertz CT molecular complexity index is 610. The van der Waals surface area contributed by atoms with Crippen molar-refractivity contribution in [2.24, 2.45) is 0 Å². The number of rotatable bonds is 6. The van der Waals surface area contributed by atoms with Crippen LogP contribution in [0.25, 0.3) is 0 Å². The van der Waals surface area contributed by atoms with Gasteiger partial charge in [0.1, 0.15) is 5.69 Å². The van der Waals surface area contributed by atoms with Gasteiger partial charge in [-0.1, -0.05) is 0 Å². The van der Waals surface area contributed by atoms with Crippen molar-refractivity contribution in [2.75, 3.05) is 18.1 Å². The van der Waals surface area contributed by atoms with Crippen LogP contribution in [0.15, 0.2) is 18.2 Å². The standard InChI is InChI=1S/C12H18N2O5S/c1-12(2,20(3,18)19)8-13-10-6-9(7-15)4-5-11(10)14(16)17/h4-6,13,15H,7-8H2,1-3H3. The Morgan fingerprint density at radius 1 is 1.40 bits per heavy atom. The van der Waals surface area contributed by atoms with Crippen molar-refractivity contribution in [1.29, 1.82) is 0 Å². The maximum Gasteiger partial charge on any atom is 0.292 e. The molecule has 7 nitrogen and oxygen atoms in total. The molecule has 2 N–H and O–H groups in total. The summed E-state index contributed by atoms with van der Waals surface area (Å²) >= 11 is 0. The highest BCUT2D eigenvalue weighted by Crippen LogP contribution is 2.27. The summed E-state index contributed by atoms with van der Waals surface area (Å²) in [7, 11) is -3.30. The third kappa shape index (κ3) is 3.67. The van der Waals surface area contributed by atoms with Crippen molar-refractivity contribution in [3.05, 3.63) is 33.9 Å². The zero-order valence-electron chi connectivity index (χ0n) is 11.6. The Balaban J connectivity index is 3.05. The summed E-state index contributed by atoms with van der Waals surface area (Å²) in [5.41, 5.74) is 0.542. The molecule has 8 heteroatoms. The van der Waals surface area contributed by atoms with Crippen LogP contribution in [0.4, 0.5) is 11.4 Å². The molecule has 20 heavy (non-hydrogen) atoms. The van der Waals surface area contributed by atoms with E-state index in [1.807, 2.05) is 0 Å². The van der Waals surface area contributed by atoms with Crippen molar-refractivity contribution in [3.63, 3.8) is 0 Å². The van der Waals surface area contributed by atoms with E-state index in [0.717, 1.165) is 6.26 Å². The number of aliphatic hydroxyl groups is 1. The Labute approximate surface area is 117 Å². The average molecular weight is 302 g/mol. The first-order valence-corrected chi connectivity index (χ1v) is 7.79. The zero-order valence-corrected chi connectivity index (χ0v) is 12.4. The highest BCUT2D eigenvalue weighted by Gasteiger charge is 2.30. The molecule has 0 aliphatic carbocycles. The monoisotopic (exact) mass is 302 g/mol. The molecule has 1 aromatic rings. The van der Waals surface area contributed by atoms with E-state index in [9.17, 15) is 18.5 Å². The molecule has 0 radical (unpaired) electrons. The summed E-state index contributed by atoms with van der Waals surface area (Å²) in [6, 6.07) is 4.17. The topological polar surface area (TPSA) is 110 Å². The zero-order chi connectivity index (χ0) is 15.6. The van der Waals surface area contributed by atoms with Gasteiger partial charge in [0.25, 0.3) is 5.69 Å². The largest absolute Gasteiger partial charge is 0.392 e. The third-order valence-corrected chi connectivity index (χ3v) is 5.30. The van der Waals surface area contributed by atoms with Gasteiger partial charge >= 0.3 is 0 Å². The van der Waals surface area contributed by atoms with E-state index in [4.69, 9.17) is 5.11 Å². The van der Waals surface area contributed by atoms with Gasteiger partial charge in [0, 0.05) is 18.9 Å². The van der Waals surface area contributed by atoms with Gasteiger partial charge in [-0.25, -0.2) is 8.42 Å². The van der Waals surface area contributed by atoms with Crippen LogP contribution in [0.5, 0.6) is 0 Å². The first-order chi connectivity index (χ1) is 9.08. The van der Waals surface area contributed by atoms with Crippen LogP contribution in [0.3, 0.4) is 0 Å². The van der Waals surface area contributed by atoms with Gasteiger partial charge in [0.15, 0.2) is 9.84 Å². The fourth-order valence-corrected chi connectivity index (χ4v) is 1.76. The maximum atomic E-state index is 11.6. The molecule has 0 unspecified atom stereocenters. The second-order valence-corrected chi connectivity index (χ2v) is 7.80. The number of benzene rings is 1. The van der Waals surface area contributed by atoms with E-state index >= 15 is 0 Å². The lowest BCUT2D eigenvalue weighted by Crippen LogP contribution is -2.38. The van der Waals surface area contributed by atoms with Crippen LogP contribution in [0, 0.1) is 10.1 Å². The first kappa shape index (κ1) is 16.4. The van der Waals surface area contributed by atoms with Gasteiger partial charge in [0.05, 0.1) is 16.3 Å². The lowest BCUT2D eigenvalue weighted by Gasteiger charge is -2.23. The van der Waals surface area contributed by atoms with Crippen molar-refractivity contribution in [2.45, 2.75) is 25.2 Å². The Kier molecular flexibility index (Phi) is 4.72. The van der Waals surface area contributed by atoms with Gasteiger partial charge in [-0.05, 0) is 31.5 Å². The summed E-state index contributed by atoms with van der Waals surface area (Å²) in [6.45, 7) is 2.86. The highest BCUT2D eigenvalue weighted by atomic mass is 32.2. The van der Waals surface area contributed by atoms with Crippen LogP contribution < -0.4 is 5.32 Å². The summed E-state index contributed by atoms with van der Waals surface area (Å²) in [4.78, 5) is 10.4. The molecule has 0 amide bonds. The van der Waals surface area contributed by atoms with Crippen molar-refractivity contribution < 1.29 is 18.4 Å². The fraction of sp³-hybridized carbons (Fsp3) is 0.500. The van der Waals surface area contributed by atoms with Gasteiger partial charge in [-0.2, -0.15) is 0 Å². The lowest BCUT2D eigenvalue weighted by atomic mass is 10.1. The number of nitrogens with zero attached hydrogens (tertiary/aromatic N) is 1. The Morgan fingerprint density at radius 3 is 2.45 bits per heavy atom. The van der Waals surface area contributed by atoms with Gasteiger partial charge in [-0.3, -0.25) is 10.1 Å². The normalized spacial score (nSPS) is 12.2. The van der Waals surface area contributed by atoms with E-state index in [1.54, 1.807) is 0 Å². The molecule has 0 saturated carbocycles. The molecule has 0 heterocycles. The number of nitro benzene ring substituents is 1. The quantitative estimate of drug-likeness (QED) is 0.606. The van der Waals surface area contributed by atoms with E-state index < -0.39 is 19.5 Å². The van der Waals surface area contributed by atoms with Crippen LogP contribution in [-0.2, 0) is 16.4 Å². The van der Waals surface area contributed by atoms with E-state index in [2.05, 4.69) is 5.32 Å². The smallest absolute Gasteiger partial charge is 0.292 e. The number of hydrogen-bond acceptors (Lipinski definition) is 6. The maximum absolute atomic E-state index is 11.6. The van der Waals surface area contributed by atoms with Gasteiger partial charge in [0.2, 0.25) is 0 Å². The molecule has 0 spiro atoms. The van der Waals surface area contributed by atoms with E-state index in [1.165, 1.54) is 32.0 Å². The first-order valence-electron chi connectivity index (χ1n) is 5.90. The minimum atomic E-state index is -3.30. The summed E-state index contributed by atoms with van der Waals surface area (Å²) in [5.74, 6) is 0. The van der Waals surface area contributed by atoms with Crippen LogP contribution in [-0.4, -0.2) is 36.0 Å². The number of aliphatic hydroxyl groups excluding tert-OH is 1. The third-order valence-electron chi connectivity index (χ3n) is 3.15. The molecular weight excluding hydrogens is 284 g/mol. The number of sulfone groups is 1. The van der Waals surface area contributed by atoms with Gasteiger partial charge < -0.3 is 10.4 Å². The average Bonchev–Trinajstić information content (AvgIpc) is 2.34. The van der Waals surface area contributed by atoms with Crippen LogP contribution in [0.1, 0.15) is 19.4 Å². The summed E-state index contributed by atoms with van der Waals surface area (Å²) in [5, 5.41) is 22.8. The van der Waals surface area contributed by atoms with Crippen LogP contribution >= 0.6 is 0 Å². The van der Waals surface area contributed by atoms with Crippen molar-refractivity contribution in [1.82, 2.24) is 0 Å². The van der Waals surface area contributed by atoms with Crippen molar-refractivity contribution in [3.8, 4) is 0 Å². The molecular formula is C12H18N2O5S. The predicted molar refractivity (Wildman–Crippen MR) is 76.4 cm³/mol. The lowest BCUT2D eigenvalue weighted by molar-refractivity contribution is -0.384. The Hall–Kier alpha value is -1.67. The second kappa shape index (κ2) is 5.76. The number of nitrogens with one attached hydrogen (secondary N) is 1. The molecule has 1 aromatic carbocycles. The predicted octanol–water partition coefficient (Wildman–Crippen LogP) is 1.32. The molecule has 0 aliphatic heterocycles. The molecule has 112 valence electrons.